The van der Waals surface area contributed by atoms with Crippen LogP contribution in [0.2, 0.25) is 0 Å². The van der Waals surface area contributed by atoms with Gasteiger partial charge in [0.2, 0.25) is 11.8 Å². The average molecular weight is 419 g/mol. The second-order valence-electron chi connectivity index (χ2n) is 7.15. The van der Waals surface area contributed by atoms with Gasteiger partial charge in [-0.25, -0.2) is 8.78 Å². The van der Waals surface area contributed by atoms with Crippen LogP contribution in [0.15, 0.2) is 30.6 Å². The Hall–Kier alpha value is -3.30. The van der Waals surface area contributed by atoms with Crippen LogP contribution in [0.3, 0.4) is 0 Å². The minimum Gasteiger partial charge on any atom is -0.352 e. The van der Waals surface area contributed by atoms with Crippen molar-refractivity contribution in [1.29, 1.82) is 0 Å². The Morgan fingerprint density at radius 2 is 1.90 bits per heavy atom. The molecular formula is C20H23F2N5O3. The minimum absolute atomic E-state index is 0.0284. The first kappa shape index (κ1) is 21.4. The number of carbonyl (C=O) groups is 3. The molecule has 0 saturated heterocycles. The maximum atomic E-state index is 13.6. The summed E-state index contributed by atoms with van der Waals surface area (Å²) in [5.74, 6) is -2.99. The van der Waals surface area contributed by atoms with Gasteiger partial charge in [-0.1, -0.05) is 12.8 Å². The van der Waals surface area contributed by atoms with Gasteiger partial charge in [0.05, 0.1) is 17.4 Å². The quantitative estimate of drug-likeness (QED) is 0.608. The summed E-state index contributed by atoms with van der Waals surface area (Å²) in [4.78, 5) is 35.9. The SMILES string of the molecule is O=C(CCNC(=O)c1ccc(F)cc1F)Nc1cnn(CC(=O)NC2CCCC2)c1. The molecule has 1 fully saturated rings. The van der Waals surface area contributed by atoms with Gasteiger partial charge in [0.15, 0.2) is 0 Å². The molecule has 2 aromatic rings. The van der Waals surface area contributed by atoms with Gasteiger partial charge < -0.3 is 16.0 Å². The molecule has 1 saturated carbocycles. The van der Waals surface area contributed by atoms with E-state index in [4.69, 9.17) is 0 Å². The number of anilines is 1. The average Bonchev–Trinajstić information content (AvgIpc) is 3.33. The summed E-state index contributed by atoms with van der Waals surface area (Å²) >= 11 is 0. The summed E-state index contributed by atoms with van der Waals surface area (Å²) in [6, 6.07) is 2.87. The molecule has 1 aromatic carbocycles. The Kier molecular flexibility index (Phi) is 7.10. The highest BCUT2D eigenvalue weighted by Gasteiger charge is 2.17. The molecule has 30 heavy (non-hydrogen) atoms. The lowest BCUT2D eigenvalue weighted by atomic mass is 10.2. The number of hydrogen-bond donors (Lipinski definition) is 3. The molecule has 0 bridgehead atoms. The number of nitrogens with one attached hydrogen (secondary N) is 3. The van der Waals surface area contributed by atoms with Crippen molar-refractivity contribution in [3.8, 4) is 0 Å². The van der Waals surface area contributed by atoms with Crippen LogP contribution in [0.1, 0.15) is 42.5 Å². The Labute approximate surface area is 172 Å². The third-order valence-corrected chi connectivity index (χ3v) is 4.76. The van der Waals surface area contributed by atoms with Crippen LogP contribution < -0.4 is 16.0 Å². The molecule has 0 radical (unpaired) electrons. The molecule has 1 aliphatic rings. The molecule has 3 rings (SSSR count). The van der Waals surface area contributed by atoms with Crippen molar-refractivity contribution in [3.05, 3.63) is 47.8 Å². The first-order chi connectivity index (χ1) is 14.4. The van der Waals surface area contributed by atoms with Gasteiger partial charge in [0, 0.05) is 31.3 Å². The largest absolute Gasteiger partial charge is 0.352 e. The van der Waals surface area contributed by atoms with Crippen molar-refractivity contribution in [1.82, 2.24) is 20.4 Å². The van der Waals surface area contributed by atoms with E-state index in [9.17, 15) is 23.2 Å². The monoisotopic (exact) mass is 419 g/mol. The number of halogens is 2. The number of carbonyl (C=O) groups excluding carboxylic acids is 3. The molecule has 0 unspecified atom stereocenters. The fourth-order valence-electron chi connectivity index (χ4n) is 3.29. The number of aromatic nitrogens is 2. The van der Waals surface area contributed by atoms with Crippen LogP contribution in [0.5, 0.6) is 0 Å². The van der Waals surface area contributed by atoms with Gasteiger partial charge in [0.25, 0.3) is 5.91 Å². The lowest BCUT2D eigenvalue weighted by Gasteiger charge is -2.11. The number of hydrogen-bond acceptors (Lipinski definition) is 4. The van der Waals surface area contributed by atoms with Crippen LogP contribution in [0.4, 0.5) is 14.5 Å². The van der Waals surface area contributed by atoms with Crippen molar-refractivity contribution in [3.63, 3.8) is 0 Å². The molecule has 160 valence electrons. The predicted molar refractivity (Wildman–Crippen MR) is 105 cm³/mol. The number of amides is 3. The minimum atomic E-state index is -0.971. The summed E-state index contributed by atoms with van der Waals surface area (Å²) < 4.78 is 27.9. The maximum absolute atomic E-state index is 13.6. The lowest BCUT2D eigenvalue weighted by molar-refractivity contribution is -0.122. The first-order valence-electron chi connectivity index (χ1n) is 9.75. The van der Waals surface area contributed by atoms with Crippen LogP contribution in [0.25, 0.3) is 0 Å². The fraction of sp³-hybridized carbons (Fsp3) is 0.400. The first-order valence-corrected chi connectivity index (χ1v) is 9.75. The van der Waals surface area contributed by atoms with Crippen molar-refractivity contribution in [2.45, 2.75) is 44.7 Å². The van der Waals surface area contributed by atoms with Crippen LogP contribution in [-0.4, -0.2) is 40.1 Å². The van der Waals surface area contributed by atoms with E-state index in [2.05, 4.69) is 21.0 Å². The fourth-order valence-corrected chi connectivity index (χ4v) is 3.29. The molecule has 1 aliphatic carbocycles. The maximum Gasteiger partial charge on any atom is 0.254 e. The second kappa shape index (κ2) is 9.95. The normalized spacial score (nSPS) is 13.8. The smallest absolute Gasteiger partial charge is 0.254 e. The highest BCUT2D eigenvalue weighted by atomic mass is 19.1. The zero-order valence-electron chi connectivity index (χ0n) is 16.3. The van der Waals surface area contributed by atoms with E-state index in [0.29, 0.717) is 11.8 Å². The molecule has 0 aliphatic heterocycles. The van der Waals surface area contributed by atoms with E-state index in [-0.39, 0.29) is 42.9 Å². The van der Waals surface area contributed by atoms with Crippen molar-refractivity contribution in [2.75, 3.05) is 11.9 Å². The van der Waals surface area contributed by atoms with Crippen LogP contribution >= 0.6 is 0 Å². The van der Waals surface area contributed by atoms with Gasteiger partial charge in [-0.3, -0.25) is 19.1 Å². The number of rotatable bonds is 8. The molecule has 1 heterocycles. The predicted octanol–water partition coefficient (Wildman–Crippen LogP) is 1.98. The van der Waals surface area contributed by atoms with E-state index in [1.54, 1.807) is 6.20 Å². The summed E-state index contributed by atoms with van der Waals surface area (Å²) in [6.07, 6.45) is 7.16. The standard InChI is InChI=1S/C20H23F2N5O3/c21-13-5-6-16(17(22)9-13)20(30)23-8-7-18(28)26-15-10-24-27(11-15)12-19(29)25-14-3-1-2-4-14/h5-6,9-11,14H,1-4,7-8,12H2,(H,23,30)(H,25,29)(H,26,28). The zero-order valence-corrected chi connectivity index (χ0v) is 16.3. The number of benzene rings is 1. The van der Waals surface area contributed by atoms with E-state index in [0.717, 1.165) is 37.8 Å². The number of nitrogens with zero attached hydrogens (tertiary/aromatic N) is 2. The highest BCUT2D eigenvalue weighted by Crippen LogP contribution is 2.17. The van der Waals surface area contributed by atoms with Gasteiger partial charge in [-0.2, -0.15) is 5.10 Å². The summed E-state index contributed by atoms with van der Waals surface area (Å²) in [5.41, 5.74) is 0.124. The molecule has 0 atom stereocenters. The van der Waals surface area contributed by atoms with Gasteiger partial charge >= 0.3 is 0 Å². The Balaban J connectivity index is 1.39. The third-order valence-electron chi connectivity index (χ3n) is 4.76. The van der Waals surface area contributed by atoms with E-state index < -0.39 is 17.5 Å². The molecular weight excluding hydrogens is 396 g/mol. The molecule has 1 aromatic heterocycles. The van der Waals surface area contributed by atoms with Crippen LogP contribution in [-0.2, 0) is 16.1 Å². The van der Waals surface area contributed by atoms with Gasteiger partial charge in [0.1, 0.15) is 18.2 Å². The Bertz CT molecular complexity index is 925. The lowest BCUT2D eigenvalue weighted by Crippen LogP contribution is -2.35. The Morgan fingerprint density at radius 3 is 2.63 bits per heavy atom. The summed E-state index contributed by atoms with van der Waals surface area (Å²) in [6.45, 7) is 0.0328. The molecule has 10 heteroatoms. The molecule has 3 amide bonds. The third kappa shape index (κ3) is 6.10. The Morgan fingerprint density at radius 1 is 1.13 bits per heavy atom. The highest BCUT2D eigenvalue weighted by molar-refractivity contribution is 5.95. The van der Waals surface area contributed by atoms with E-state index in [1.165, 1.54) is 10.9 Å². The second-order valence-corrected chi connectivity index (χ2v) is 7.15. The van der Waals surface area contributed by atoms with Crippen LogP contribution in [0, 0.1) is 11.6 Å². The van der Waals surface area contributed by atoms with E-state index in [1.807, 2.05) is 0 Å². The molecule has 3 N–H and O–H groups in total. The van der Waals surface area contributed by atoms with Crippen molar-refractivity contribution < 1.29 is 23.2 Å². The van der Waals surface area contributed by atoms with Crippen molar-refractivity contribution in [2.24, 2.45) is 0 Å². The topological polar surface area (TPSA) is 105 Å². The summed E-state index contributed by atoms with van der Waals surface area (Å²) in [7, 11) is 0. The van der Waals surface area contributed by atoms with Gasteiger partial charge in [-0.05, 0) is 25.0 Å². The van der Waals surface area contributed by atoms with E-state index >= 15 is 0 Å². The molecule has 8 nitrogen and oxygen atoms in total. The van der Waals surface area contributed by atoms with Gasteiger partial charge in [-0.15, -0.1) is 0 Å². The summed E-state index contributed by atoms with van der Waals surface area (Å²) in [5, 5.41) is 12.0. The molecule has 0 spiro atoms. The van der Waals surface area contributed by atoms with Crippen molar-refractivity contribution >= 4 is 23.4 Å². The zero-order chi connectivity index (χ0) is 21.5.